The van der Waals surface area contributed by atoms with Crippen LogP contribution in [-0.2, 0) is 11.3 Å². The van der Waals surface area contributed by atoms with Crippen LogP contribution in [0.2, 0.25) is 0 Å². The number of anilines is 1. The second kappa shape index (κ2) is 10.2. The van der Waals surface area contributed by atoms with E-state index in [0.29, 0.717) is 34.9 Å². The summed E-state index contributed by atoms with van der Waals surface area (Å²) in [4.78, 5) is 37.2. The number of para-hydroxylation sites is 1. The number of carbonyl (C=O) groups is 3. The van der Waals surface area contributed by atoms with E-state index in [9.17, 15) is 14.4 Å². The Kier molecular flexibility index (Phi) is 7.18. The van der Waals surface area contributed by atoms with Gasteiger partial charge in [-0.25, -0.2) is 0 Å². The maximum absolute atomic E-state index is 12.4. The van der Waals surface area contributed by atoms with Crippen molar-refractivity contribution >= 4 is 34.7 Å². The number of thiophene rings is 1. The molecule has 0 aliphatic carbocycles. The zero-order chi connectivity index (χ0) is 20.5. The van der Waals surface area contributed by atoms with Crippen LogP contribution in [0.15, 0.2) is 64.6 Å². The van der Waals surface area contributed by atoms with Crippen LogP contribution in [0.5, 0.6) is 0 Å². The summed E-state index contributed by atoms with van der Waals surface area (Å²) in [6.07, 6.45) is 2.27. The van der Waals surface area contributed by atoms with Gasteiger partial charge in [0.15, 0.2) is 0 Å². The first-order valence-corrected chi connectivity index (χ1v) is 10.0. The molecule has 0 fully saturated rings. The van der Waals surface area contributed by atoms with Crippen LogP contribution in [0, 0.1) is 0 Å². The van der Waals surface area contributed by atoms with E-state index in [1.807, 2.05) is 11.4 Å². The van der Waals surface area contributed by atoms with Crippen molar-refractivity contribution in [2.75, 3.05) is 11.9 Å². The predicted octanol–water partition coefficient (Wildman–Crippen LogP) is 3.42. The SMILES string of the molecule is O=C(CCCNC(=O)c1cccs1)Nc1ccccc1C(=O)NCc1ccco1. The van der Waals surface area contributed by atoms with Gasteiger partial charge < -0.3 is 20.4 Å². The average molecular weight is 411 g/mol. The van der Waals surface area contributed by atoms with E-state index in [4.69, 9.17) is 4.42 Å². The fourth-order valence-corrected chi connectivity index (χ4v) is 3.26. The van der Waals surface area contributed by atoms with Crippen molar-refractivity contribution in [1.82, 2.24) is 10.6 Å². The highest BCUT2D eigenvalue weighted by molar-refractivity contribution is 7.12. The van der Waals surface area contributed by atoms with Gasteiger partial charge in [-0.15, -0.1) is 11.3 Å². The van der Waals surface area contributed by atoms with Gasteiger partial charge in [0.05, 0.1) is 28.9 Å². The first-order valence-electron chi connectivity index (χ1n) is 9.14. The average Bonchev–Trinajstić information content (AvgIpc) is 3.44. The summed E-state index contributed by atoms with van der Waals surface area (Å²) in [5.74, 6) is -0.0226. The van der Waals surface area contributed by atoms with Gasteiger partial charge in [-0.3, -0.25) is 14.4 Å². The number of amides is 3. The van der Waals surface area contributed by atoms with Crippen molar-refractivity contribution in [3.8, 4) is 0 Å². The molecule has 0 radical (unpaired) electrons. The van der Waals surface area contributed by atoms with Crippen molar-refractivity contribution in [2.24, 2.45) is 0 Å². The van der Waals surface area contributed by atoms with Gasteiger partial charge in [0.2, 0.25) is 5.91 Å². The fourth-order valence-electron chi connectivity index (χ4n) is 2.62. The number of hydrogen-bond donors (Lipinski definition) is 3. The van der Waals surface area contributed by atoms with Crippen molar-refractivity contribution in [3.63, 3.8) is 0 Å². The summed E-state index contributed by atoms with van der Waals surface area (Å²) in [6.45, 7) is 0.660. The normalized spacial score (nSPS) is 10.3. The van der Waals surface area contributed by atoms with Gasteiger partial charge in [0.25, 0.3) is 11.8 Å². The molecule has 0 saturated heterocycles. The molecule has 0 bridgehead atoms. The van der Waals surface area contributed by atoms with E-state index in [2.05, 4.69) is 16.0 Å². The summed E-state index contributed by atoms with van der Waals surface area (Å²) in [5.41, 5.74) is 0.815. The van der Waals surface area contributed by atoms with Gasteiger partial charge in [0.1, 0.15) is 5.76 Å². The molecule has 0 spiro atoms. The van der Waals surface area contributed by atoms with E-state index >= 15 is 0 Å². The monoisotopic (exact) mass is 411 g/mol. The number of rotatable bonds is 9. The lowest BCUT2D eigenvalue weighted by atomic mass is 10.1. The van der Waals surface area contributed by atoms with Gasteiger partial charge in [-0.05, 0) is 42.1 Å². The van der Waals surface area contributed by atoms with Gasteiger partial charge >= 0.3 is 0 Å². The molecule has 0 aliphatic rings. The minimum Gasteiger partial charge on any atom is -0.467 e. The molecule has 8 heteroatoms. The molecule has 2 heterocycles. The predicted molar refractivity (Wildman–Crippen MR) is 111 cm³/mol. The number of carbonyl (C=O) groups excluding carboxylic acids is 3. The van der Waals surface area contributed by atoms with E-state index in [1.165, 1.54) is 11.3 Å². The Hall–Kier alpha value is -3.39. The Morgan fingerprint density at radius 1 is 0.931 bits per heavy atom. The van der Waals surface area contributed by atoms with E-state index < -0.39 is 0 Å². The van der Waals surface area contributed by atoms with Crippen LogP contribution in [-0.4, -0.2) is 24.3 Å². The van der Waals surface area contributed by atoms with Crippen LogP contribution < -0.4 is 16.0 Å². The Labute approximate surface area is 172 Å². The van der Waals surface area contributed by atoms with Gasteiger partial charge in [-0.2, -0.15) is 0 Å². The Bertz CT molecular complexity index is 952. The van der Waals surface area contributed by atoms with E-state index in [1.54, 1.807) is 48.7 Å². The fraction of sp³-hybridized carbons (Fsp3) is 0.190. The summed E-state index contributed by atoms with van der Waals surface area (Å²) in [6, 6.07) is 13.9. The molecule has 1 aromatic carbocycles. The topological polar surface area (TPSA) is 100 Å². The lowest BCUT2D eigenvalue weighted by Crippen LogP contribution is -2.26. The summed E-state index contributed by atoms with van der Waals surface area (Å²) >= 11 is 1.37. The van der Waals surface area contributed by atoms with Crippen molar-refractivity contribution < 1.29 is 18.8 Å². The number of benzene rings is 1. The molecule has 29 heavy (non-hydrogen) atoms. The van der Waals surface area contributed by atoms with Crippen molar-refractivity contribution in [2.45, 2.75) is 19.4 Å². The number of hydrogen-bond acceptors (Lipinski definition) is 5. The largest absolute Gasteiger partial charge is 0.467 e. The van der Waals surface area contributed by atoms with Gasteiger partial charge in [0, 0.05) is 13.0 Å². The quantitative estimate of drug-likeness (QED) is 0.470. The Morgan fingerprint density at radius 2 is 1.79 bits per heavy atom. The molecule has 0 saturated carbocycles. The third-order valence-electron chi connectivity index (χ3n) is 4.06. The maximum Gasteiger partial charge on any atom is 0.261 e. The molecule has 0 unspecified atom stereocenters. The third kappa shape index (κ3) is 6.05. The van der Waals surface area contributed by atoms with Crippen LogP contribution in [0.3, 0.4) is 0 Å². The first-order chi connectivity index (χ1) is 14.1. The first kappa shape index (κ1) is 20.3. The third-order valence-corrected chi connectivity index (χ3v) is 4.93. The molecular formula is C21H21N3O4S. The van der Waals surface area contributed by atoms with Gasteiger partial charge in [-0.1, -0.05) is 18.2 Å². The van der Waals surface area contributed by atoms with Crippen LogP contribution in [0.1, 0.15) is 38.6 Å². The zero-order valence-electron chi connectivity index (χ0n) is 15.6. The molecule has 3 N–H and O–H groups in total. The molecule has 150 valence electrons. The smallest absolute Gasteiger partial charge is 0.261 e. The molecule has 2 aromatic heterocycles. The van der Waals surface area contributed by atoms with Crippen molar-refractivity contribution in [1.29, 1.82) is 0 Å². The lowest BCUT2D eigenvalue weighted by molar-refractivity contribution is -0.116. The summed E-state index contributed by atoms with van der Waals surface area (Å²) < 4.78 is 5.20. The molecule has 3 aromatic rings. The van der Waals surface area contributed by atoms with E-state index in [-0.39, 0.29) is 30.7 Å². The highest BCUT2D eigenvalue weighted by Gasteiger charge is 2.13. The molecule has 3 amide bonds. The minimum absolute atomic E-state index is 0.140. The summed E-state index contributed by atoms with van der Waals surface area (Å²) in [7, 11) is 0. The zero-order valence-corrected chi connectivity index (χ0v) is 16.5. The Balaban J connectivity index is 1.46. The standard InChI is InChI=1S/C21H21N3O4S/c25-19(10-3-11-22-21(27)18-9-5-13-29-18)24-17-8-2-1-7-16(17)20(26)23-14-15-6-4-12-28-15/h1-2,4-9,12-13H,3,10-11,14H2,(H,22,27)(H,23,26)(H,24,25). The highest BCUT2D eigenvalue weighted by atomic mass is 32.1. The second-order valence-corrected chi connectivity index (χ2v) is 7.14. The molecule has 0 aliphatic heterocycles. The number of furan rings is 1. The van der Waals surface area contributed by atoms with Crippen LogP contribution in [0.25, 0.3) is 0 Å². The molecule has 3 rings (SSSR count). The van der Waals surface area contributed by atoms with Crippen LogP contribution >= 0.6 is 11.3 Å². The van der Waals surface area contributed by atoms with Crippen molar-refractivity contribution in [3.05, 3.63) is 76.4 Å². The second-order valence-electron chi connectivity index (χ2n) is 6.19. The Morgan fingerprint density at radius 3 is 2.55 bits per heavy atom. The molecular weight excluding hydrogens is 390 g/mol. The minimum atomic E-state index is -0.305. The summed E-state index contributed by atoms with van der Waals surface area (Å²) in [5, 5.41) is 10.1. The highest BCUT2D eigenvalue weighted by Crippen LogP contribution is 2.16. The van der Waals surface area contributed by atoms with Crippen LogP contribution in [0.4, 0.5) is 5.69 Å². The van der Waals surface area contributed by atoms with E-state index in [0.717, 1.165) is 0 Å². The number of nitrogens with one attached hydrogen (secondary N) is 3. The maximum atomic E-state index is 12.4. The molecule has 0 atom stereocenters. The molecule has 7 nitrogen and oxygen atoms in total. The lowest BCUT2D eigenvalue weighted by Gasteiger charge is -2.11.